The number of hydrogen-bond acceptors (Lipinski definition) is 4. The second-order valence-electron chi connectivity index (χ2n) is 5.60. The molecule has 0 aromatic heterocycles. The van der Waals surface area contributed by atoms with Crippen molar-refractivity contribution >= 4 is 17.6 Å². The molecule has 0 aliphatic heterocycles. The van der Waals surface area contributed by atoms with Crippen LogP contribution < -0.4 is 9.47 Å². The van der Waals surface area contributed by atoms with Gasteiger partial charge in [0.25, 0.3) is 0 Å². The van der Waals surface area contributed by atoms with E-state index in [4.69, 9.17) is 25.8 Å². The highest BCUT2D eigenvalue weighted by molar-refractivity contribution is 6.30. The molecule has 0 amide bonds. The average Bonchev–Trinajstić information content (AvgIpc) is 2.69. The summed E-state index contributed by atoms with van der Waals surface area (Å²) in [6.45, 7) is 0. The van der Waals surface area contributed by atoms with Gasteiger partial charge in [-0.2, -0.15) is 0 Å². The first-order valence-electron chi connectivity index (χ1n) is 8.08. The van der Waals surface area contributed by atoms with Gasteiger partial charge >= 0.3 is 5.97 Å². The summed E-state index contributed by atoms with van der Waals surface area (Å²) in [5.41, 5.74) is 0.578. The minimum absolute atomic E-state index is 0.355. The Kier molecular flexibility index (Phi) is 5.94. The Balaban J connectivity index is 1.77. The first-order valence-corrected chi connectivity index (χ1v) is 8.46. The van der Waals surface area contributed by atoms with E-state index in [1.807, 2.05) is 0 Å². The highest BCUT2D eigenvalue weighted by Gasteiger charge is 2.23. The van der Waals surface area contributed by atoms with Crippen LogP contribution in [-0.4, -0.2) is 13.1 Å². The molecule has 0 aliphatic carbocycles. The molecule has 0 radical (unpaired) electrons. The number of benzene rings is 3. The van der Waals surface area contributed by atoms with Gasteiger partial charge in [-0.3, -0.25) is 0 Å². The standard InChI is InChI=1S/C21H16ClFO4/c1-25-21(24)20(27-19-12-6-16(23)7-13-19)14-2-8-17(9-3-14)26-18-10-4-15(22)5-11-18/h2-13,20H,1H3. The lowest BCUT2D eigenvalue weighted by Gasteiger charge is -2.17. The number of halogens is 2. The Morgan fingerprint density at radius 2 is 1.37 bits per heavy atom. The lowest BCUT2D eigenvalue weighted by molar-refractivity contribution is -0.149. The molecule has 138 valence electrons. The Bertz CT molecular complexity index is 893. The molecular weight excluding hydrogens is 371 g/mol. The second kappa shape index (κ2) is 8.56. The SMILES string of the molecule is COC(=O)C(Oc1ccc(F)cc1)c1ccc(Oc2ccc(Cl)cc2)cc1. The highest BCUT2D eigenvalue weighted by Crippen LogP contribution is 2.27. The largest absolute Gasteiger partial charge is 0.474 e. The minimum Gasteiger partial charge on any atom is -0.474 e. The van der Waals surface area contributed by atoms with Gasteiger partial charge in [-0.15, -0.1) is 0 Å². The molecule has 0 heterocycles. The molecule has 0 spiro atoms. The molecule has 0 bridgehead atoms. The number of rotatable bonds is 6. The van der Waals surface area contributed by atoms with Gasteiger partial charge in [-0.05, 0) is 60.7 Å². The summed E-state index contributed by atoms with van der Waals surface area (Å²) >= 11 is 5.85. The number of carbonyl (C=O) groups excluding carboxylic acids is 1. The van der Waals surface area contributed by atoms with E-state index in [-0.39, 0.29) is 5.82 Å². The molecule has 3 aromatic rings. The van der Waals surface area contributed by atoms with Crippen LogP contribution in [0.15, 0.2) is 72.8 Å². The fourth-order valence-electron chi connectivity index (χ4n) is 2.36. The van der Waals surface area contributed by atoms with Crippen LogP contribution >= 0.6 is 11.6 Å². The van der Waals surface area contributed by atoms with Crippen LogP contribution in [0.4, 0.5) is 4.39 Å². The molecule has 1 unspecified atom stereocenters. The Morgan fingerprint density at radius 1 is 0.852 bits per heavy atom. The fraction of sp³-hybridized carbons (Fsp3) is 0.0952. The van der Waals surface area contributed by atoms with E-state index in [1.165, 1.54) is 31.4 Å². The molecular formula is C21H16ClFO4. The second-order valence-corrected chi connectivity index (χ2v) is 6.04. The van der Waals surface area contributed by atoms with Crippen molar-refractivity contribution in [3.05, 3.63) is 89.2 Å². The van der Waals surface area contributed by atoms with Crippen molar-refractivity contribution < 1.29 is 23.4 Å². The predicted octanol–water partition coefficient (Wildman–Crippen LogP) is 5.56. The Morgan fingerprint density at radius 3 is 1.93 bits per heavy atom. The monoisotopic (exact) mass is 386 g/mol. The smallest absolute Gasteiger partial charge is 0.351 e. The molecule has 3 rings (SSSR count). The molecule has 27 heavy (non-hydrogen) atoms. The molecule has 0 aliphatic rings. The van der Waals surface area contributed by atoms with Crippen LogP contribution in [0.1, 0.15) is 11.7 Å². The summed E-state index contributed by atoms with van der Waals surface area (Å²) in [5.74, 6) is 0.630. The third kappa shape index (κ3) is 4.99. The van der Waals surface area contributed by atoms with Crippen molar-refractivity contribution in [2.24, 2.45) is 0 Å². The van der Waals surface area contributed by atoms with E-state index in [2.05, 4.69) is 0 Å². The number of ether oxygens (including phenoxy) is 3. The Labute approximate surface area is 161 Å². The first kappa shape index (κ1) is 18.7. The van der Waals surface area contributed by atoms with Gasteiger partial charge in [0.15, 0.2) is 0 Å². The van der Waals surface area contributed by atoms with Crippen molar-refractivity contribution in [3.8, 4) is 17.2 Å². The maximum absolute atomic E-state index is 13.0. The molecule has 4 nitrogen and oxygen atoms in total. The molecule has 0 saturated heterocycles. The Hall–Kier alpha value is -3.05. The summed E-state index contributed by atoms with van der Waals surface area (Å²) < 4.78 is 29.3. The third-order valence-corrected chi connectivity index (χ3v) is 3.97. The van der Waals surface area contributed by atoms with Crippen LogP contribution in [0.5, 0.6) is 17.2 Å². The van der Waals surface area contributed by atoms with Gasteiger partial charge in [0.05, 0.1) is 7.11 Å². The molecule has 0 fully saturated rings. The van der Waals surface area contributed by atoms with Crippen molar-refractivity contribution in [2.45, 2.75) is 6.10 Å². The van der Waals surface area contributed by atoms with Gasteiger partial charge in [-0.1, -0.05) is 23.7 Å². The first-order chi connectivity index (χ1) is 13.0. The molecule has 0 saturated carbocycles. The van der Waals surface area contributed by atoms with E-state index < -0.39 is 12.1 Å². The van der Waals surface area contributed by atoms with E-state index >= 15 is 0 Å². The highest BCUT2D eigenvalue weighted by atomic mass is 35.5. The van der Waals surface area contributed by atoms with Crippen LogP contribution in [0.2, 0.25) is 5.02 Å². The zero-order valence-electron chi connectivity index (χ0n) is 14.4. The minimum atomic E-state index is -0.981. The average molecular weight is 387 g/mol. The lowest BCUT2D eigenvalue weighted by atomic mass is 10.1. The van der Waals surface area contributed by atoms with E-state index in [0.717, 1.165) is 0 Å². The number of carbonyl (C=O) groups is 1. The summed E-state index contributed by atoms with van der Waals surface area (Å²) in [7, 11) is 1.28. The number of methoxy groups -OCH3 is 1. The third-order valence-electron chi connectivity index (χ3n) is 3.72. The van der Waals surface area contributed by atoms with E-state index in [0.29, 0.717) is 27.8 Å². The fourth-order valence-corrected chi connectivity index (χ4v) is 2.48. The maximum atomic E-state index is 13.0. The van der Waals surface area contributed by atoms with Crippen molar-refractivity contribution in [1.82, 2.24) is 0 Å². The van der Waals surface area contributed by atoms with E-state index in [1.54, 1.807) is 48.5 Å². The molecule has 0 N–H and O–H groups in total. The zero-order valence-corrected chi connectivity index (χ0v) is 15.2. The lowest BCUT2D eigenvalue weighted by Crippen LogP contribution is -2.20. The summed E-state index contributed by atoms with van der Waals surface area (Å²) in [6, 6.07) is 19.2. The van der Waals surface area contributed by atoms with E-state index in [9.17, 15) is 9.18 Å². The summed E-state index contributed by atoms with van der Waals surface area (Å²) in [4.78, 5) is 12.1. The van der Waals surface area contributed by atoms with Crippen molar-refractivity contribution in [2.75, 3.05) is 7.11 Å². The van der Waals surface area contributed by atoms with Crippen LogP contribution in [0.3, 0.4) is 0 Å². The summed E-state index contributed by atoms with van der Waals surface area (Å²) in [6.07, 6.45) is -0.981. The normalized spacial score (nSPS) is 11.5. The summed E-state index contributed by atoms with van der Waals surface area (Å²) in [5, 5.41) is 0.622. The topological polar surface area (TPSA) is 44.8 Å². The predicted molar refractivity (Wildman–Crippen MR) is 99.8 cm³/mol. The van der Waals surface area contributed by atoms with Crippen molar-refractivity contribution in [3.63, 3.8) is 0 Å². The molecule has 6 heteroatoms. The number of esters is 1. The van der Waals surface area contributed by atoms with Crippen LogP contribution in [0, 0.1) is 5.82 Å². The maximum Gasteiger partial charge on any atom is 0.351 e. The zero-order chi connectivity index (χ0) is 19.2. The quantitative estimate of drug-likeness (QED) is 0.520. The van der Waals surface area contributed by atoms with Crippen molar-refractivity contribution in [1.29, 1.82) is 0 Å². The van der Waals surface area contributed by atoms with Crippen LogP contribution in [-0.2, 0) is 9.53 Å². The van der Waals surface area contributed by atoms with Crippen LogP contribution in [0.25, 0.3) is 0 Å². The van der Waals surface area contributed by atoms with Gasteiger partial charge in [0.1, 0.15) is 23.1 Å². The molecule has 3 aromatic carbocycles. The molecule has 1 atom stereocenters. The number of hydrogen-bond donors (Lipinski definition) is 0. The van der Waals surface area contributed by atoms with Gasteiger partial charge < -0.3 is 14.2 Å². The van der Waals surface area contributed by atoms with Gasteiger partial charge in [-0.25, -0.2) is 9.18 Å². The van der Waals surface area contributed by atoms with Gasteiger partial charge in [0.2, 0.25) is 6.10 Å². The van der Waals surface area contributed by atoms with Gasteiger partial charge in [0, 0.05) is 10.6 Å².